The van der Waals surface area contributed by atoms with Crippen molar-refractivity contribution in [3.8, 4) is 11.3 Å². The number of hydrogen-bond donors (Lipinski definition) is 4. The summed E-state index contributed by atoms with van der Waals surface area (Å²) < 4.78 is 39.6. The summed E-state index contributed by atoms with van der Waals surface area (Å²) in [5, 5.41) is 17.8. The van der Waals surface area contributed by atoms with Gasteiger partial charge in [0.2, 0.25) is 5.91 Å². The first-order chi connectivity index (χ1) is 25.8. The molecule has 5 rings (SSSR count). The van der Waals surface area contributed by atoms with Crippen LogP contribution in [0.1, 0.15) is 70.5 Å². The van der Waals surface area contributed by atoms with E-state index in [-0.39, 0.29) is 29.7 Å². The maximum atomic E-state index is 13.7. The van der Waals surface area contributed by atoms with Crippen LogP contribution in [0, 0.1) is 5.92 Å². The van der Waals surface area contributed by atoms with Crippen molar-refractivity contribution in [1.29, 1.82) is 0 Å². The molecule has 1 fully saturated rings. The normalized spacial score (nSPS) is 13.6. The number of piperidine rings is 1. The molecule has 14 heteroatoms. The van der Waals surface area contributed by atoms with Crippen LogP contribution < -0.4 is 20.9 Å². The van der Waals surface area contributed by atoms with Gasteiger partial charge in [0.05, 0.1) is 16.9 Å². The number of rotatable bonds is 14. The Kier molecular flexibility index (Phi) is 13.4. The number of carbonyl (C=O) groups excluding carboxylic acids is 3. The number of halogens is 3. The van der Waals surface area contributed by atoms with E-state index in [4.69, 9.17) is 0 Å². The van der Waals surface area contributed by atoms with Gasteiger partial charge in [-0.2, -0.15) is 24.9 Å². The first kappa shape index (κ1) is 39.8. The SMILES string of the molecule is CC(C)C(=O)NC(CSCc1cccc(C(=O)Nc2ccc(N3CCCCC3)cc2-c2cc(C(=O)NCc3cccc(C(F)(F)F)c3)ccn2)c1)C(=O)O. The van der Waals surface area contributed by atoms with Crippen molar-refractivity contribution < 1.29 is 37.5 Å². The summed E-state index contributed by atoms with van der Waals surface area (Å²) in [4.78, 5) is 57.4. The van der Waals surface area contributed by atoms with Crippen molar-refractivity contribution in [2.24, 2.45) is 5.92 Å². The molecule has 1 atom stereocenters. The molecule has 1 saturated heterocycles. The van der Waals surface area contributed by atoms with Crippen molar-refractivity contribution in [1.82, 2.24) is 15.6 Å². The summed E-state index contributed by atoms with van der Waals surface area (Å²) in [5.41, 5.74) is 3.29. The van der Waals surface area contributed by atoms with Gasteiger partial charge in [0.1, 0.15) is 6.04 Å². The van der Waals surface area contributed by atoms with Gasteiger partial charge in [0, 0.05) is 65.6 Å². The quantitative estimate of drug-likeness (QED) is 0.104. The Labute approximate surface area is 315 Å². The number of carboxylic acids is 1. The fraction of sp³-hybridized carbons (Fsp3) is 0.325. The Bertz CT molecular complexity index is 1980. The van der Waals surface area contributed by atoms with E-state index < -0.39 is 35.6 Å². The number of thioether (sulfide) groups is 1. The first-order valence-corrected chi connectivity index (χ1v) is 18.7. The molecule has 1 aliphatic heterocycles. The summed E-state index contributed by atoms with van der Waals surface area (Å²) in [6, 6.07) is 19.4. The molecule has 1 aliphatic rings. The number of hydrogen-bond acceptors (Lipinski definition) is 7. The van der Waals surface area contributed by atoms with Crippen LogP contribution in [-0.4, -0.2) is 58.7 Å². The van der Waals surface area contributed by atoms with Gasteiger partial charge in [-0.25, -0.2) is 4.79 Å². The molecule has 4 N–H and O–H groups in total. The van der Waals surface area contributed by atoms with E-state index in [9.17, 15) is 37.5 Å². The first-order valence-electron chi connectivity index (χ1n) is 17.6. The number of carboxylic acid groups (broad SMARTS) is 1. The van der Waals surface area contributed by atoms with Crippen LogP contribution in [-0.2, 0) is 28.1 Å². The highest BCUT2D eigenvalue weighted by molar-refractivity contribution is 7.98. The number of pyridine rings is 1. The van der Waals surface area contributed by atoms with Crippen LogP contribution in [0.4, 0.5) is 24.5 Å². The van der Waals surface area contributed by atoms with E-state index in [2.05, 4.69) is 25.8 Å². The molecule has 284 valence electrons. The fourth-order valence-corrected chi connectivity index (χ4v) is 6.86. The van der Waals surface area contributed by atoms with E-state index >= 15 is 0 Å². The number of carbonyl (C=O) groups is 4. The van der Waals surface area contributed by atoms with Crippen LogP contribution in [0.15, 0.2) is 85.1 Å². The third kappa shape index (κ3) is 10.8. The van der Waals surface area contributed by atoms with E-state index in [0.29, 0.717) is 33.8 Å². The molecule has 0 saturated carbocycles. The Morgan fingerprint density at radius 1 is 0.870 bits per heavy atom. The minimum atomic E-state index is -4.50. The summed E-state index contributed by atoms with van der Waals surface area (Å²) in [6.45, 7) is 5.01. The van der Waals surface area contributed by atoms with Crippen LogP contribution in [0.2, 0.25) is 0 Å². The van der Waals surface area contributed by atoms with Crippen molar-refractivity contribution in [3.63, 3.8) is 0 Å². The molecule has 0 spiro atoms. The van der Waals surface area contributed by atoms with Crippen LogP contribution in [0.25, 0.3) is 11.3 Å². The molecule has 3 aromatic carbocycles. The van der Waals surface area contributed by atoms with Crippen LogP contribution in [0.3, 0.4) is 0 Å². The molecule has 10 nitrogen and oxygen atoms in total. The molecule has 1 unspecified atom stereocenters. The molecule has 3 amide bonds. The lowest BCUT2D eigenvalue weighted by molar-refractivity contribution is -0.141. The average Bonchev–Trinajstić information content (AvgIpc) is 3.16. The van der Waals surface area contributed by atoms with E-state index in [1.807, 2.05) is 18.2 Å². The largest absolute Gasteiger partial charge is 0.480 e. The van der Waals surface area contributed by atoms with Gasteiger partial charge in [-0.15, -0.1) is 0 Å². The van der Waals surface area contributed by atoms with Crippen molar-refractivity contribution >= 4 is 46.8 Å². The number of anilines is 2. The fourth-order valence-electron chi connectivity index (χ4n) is 5.87. The zero-order valence-electron chi connectivity index (χ0n) is 29.9. The van der Waals surface area contributed by atoms with Gasteiger partial charge in [-0.05, 0) is 85.0 Å². The Morgan fingerprint density at radius 3 is 2.31 bits per heavy atom. The molecule has 0 radical (unpaired) electrons. The molecule has 1 aromatic heterocycles. The Morgan fingerprint density at radius 2 is 1.59 bits per heavy atom. The molecular formula is C40H42F3N5O5S. The van der Waals surface area contributed by atoms with Gasteiger partial charge < -0.3 is 26.0 Å². The Balaban J connectivity index is 1.33. The van der Waals surface area contributed by atoms with Gasteiger partial charge in [-0.3, -0.25) is 19.4 Å². The second kappa shape index (κ2) is 18.1. The highest BCUT2D eigenvalue weighted by Crippen LogP contribution is 2.34. The predicted octanol–water partition coefficient (Wildman–Crippen LogP) is 7.40. The number of nitrogens with one attached hydrogen (secondary N) is 3. The lowest BCUT2D eigenvalue weighted by atomic mass is 10.0. The lowest BCUT2D eigenvalue weighted by Crippen LogP contribution is -2.44. The van der Waals surface area contributed by atoms with Crippen molar-refractivity contribution in [2.75, 3.05) is 29.1 Å². The number of nitrogens with zero attached hydrogens (tertiary/aromatic N) is 2. The highest BCUT2D eigenvalue weighted by atomic mass is 32.2. The number of aromatic nitrogens is 1. The minimum absolute atomic E-state index is 0.113. The van der Waals surface area contributed by atoms with Gasteiger partial charge in [-0.1, -0.05) is 38.1 Å². The second-order valence-electron chi connectivity index (χ2n) is 13.3. The van der Waals surface area contributed by atoms with Crippen LogP contribution >= 0.6 is 11.8 Å². The lowest BCUT2D eigenvalue weighted by Gasteiger charge is -2.29. The zero-order valence-corrected chi connectivity index (χ0v) is 30.7. The van der Waals surface area contributed by atoms with Crippen molar-refractivity contribution in [3.05, 3.63) is 113 Å². The highest BCUT2D eigenvalue weighted by Gasteiger charge is 2.30. The number of alkyl halides is 3. The molecule has 4 aromatic rings. The second-order valence-corrected chi connectivity index (χ2v) is 14.3. The smallest absolute Gasteiger partial charge is 0.416 e. The van der Waals surface area contributed by atoms with Crippen molar-refractivity contribution in [2.45, 2.75) is 57.6 Å². The molecule has 0 bridgehead atoms. The molecule has 54 heavy (non-hydrogen) atoms. The number of amides is 3. The monoisotopic (exact) mass is 761 g/mol. The molecule has 0 aliphatic carbocycles. The predicted molar refractivity (Wildman–Crippen MR) is 203 cm³/mol. The standard InChI is InChI=1S/C40H42F3N5O5S/c1-25(2)36(49)47-35(39(52)53)24-54-23-27-9-6-10-28(18-27)38(51)46-33-13-12-31(48-16-4-3-5-17-48)21-32(33)34-20-29(14-15-44-34)37(50)45-22-26-8-7-11-30(19-26)40(41,42)43/h6-15,18-21,25,35H,3-5,16-17,22-24H2,1-2H3,(H,45,50)(H,46,51)(H,47,49)(H,52,53). The summed E-state index contributed by atoms with van der Waals surface area (Å²) in [5.74, 6) is -2.15. The maximum absolute atomic E-state index is 13.7. The summed E-state index contributed by atoms with van der Waals surface area (Å²) >= 11 is 1.32. The third-order valence-electron chi connectivity index (χ3n) is 8.86. The summed E-state index contributed by atoms with van der Waals surface area (Å²) in [6.07, 6.45) is 0.206. The topological polar surface area (TPSA) is 141 Å². The molecular weight excluding hydrogens is 720 g/mol. The Hall–Kier alpha value is -5.37. The van der Waals surface area contributed by atoms with Gasteiger partial charge >= 0.3 is 12.1 Å². The zero-order chi connectivity index (χ0) is 38.8. The molecule has 2 heterocycles. The maximum Gasteiger partial charge on any atom is 0.416 e. The van der Waals surface area contributed by atoms with E-state index in [1.165, 1.54) is 36.2 Å². The van der Waals surface area contributed by atoms with Crippen LogP contribution in [0.5, 0.6) is 0 Å². The number of aliphatic carboxylic acids is 1. The summed E-state index contributed by atoms with van der Waals surface area (Å²) in [7, 11) is 0. The van der Waals surface area contributed by atoms with Gasteiger partial charge in [0.15, 0.2) is 0 Å². The number of benzene rings is 3. The minimum Gasteiger partial charge on any atom is -0.480 e. The van der Waals surface area contributed by atoms with E-state index in [1.54, 1.807) is 44.2 Å². The van der Waals surface area contributed by atoms with E-state index in [0.717, 1.165) is 55.7 Å². The third-order valence-corrected chi connectivity index (χ3v) is 9.97. The van der Waals surface area contributed by atoms with Gasteiger partial charge in [0.25, 0.3) is 11.8 Å². The average molecular weight is 762 g/mol.